The zero-order valence-corrected chi connectivity index (χ0v) is 14.0. The summed E-state index contributed by atoms with van der Waals surface area (Å²) < 4.78 is 1.72. The molecule has 2 rings (SSSR count). The summed E-state index contributed by atoms with van der Waals surface area (Å²) in [5.74, 6) is -1.39. The zero-order chi connectivity index (χ0) is 17.3. The van der Waals surface area contributed by atoms with E-state index in [1.54, 1.807) is 11.6 Å². The summed E-state index contributed by atoms with van der Waals surface area (Å²) in [6.45, 7) is 7.26. The Hall–Kier alpha value is -2.63. The van der Waals surface area contributed by atoms with E-state index in [1.807, 2.05) is 32.0 Å². The highest BCUT2D eigenvalue weighted by atomic mass is 16.4. The number of rotatable bonds is 4. The largest absolute Gasteiger partial charge is 0.480 e. The molecule has 6 heteroatoms. The fourth-order valence-electron chi connectivity index (χ4n) is 2.34. The van der Waals surface area contributed by atoms with E-state index in [0.29, 0.717) is 11.3 Å². The highest BCUT2D eigenvalue weighted by Crippen LogP contribution is 2.20. The number of carbonyl (C=O) groups is 2. The molecule has 1 heterocycles. The first-order chi connectivity index (χ1) is 10.7. The van der Waals surface area contributed by atoms with Gasteiger partial charge in [-0.1, -0.05) is 12.1 Å². The standard InChI is InChI=1S/C17H21N3O3/c1-10-6-7-11(2)15(8-10)20-12(3)14(9-18-20)16(21)19(5)13(4)17(22)23/h6-9,13H,1-5H3,(H,22,23). The van der Waals surface area contributed by atoms with Crippen molar-refractivity contribution in [2.24, 2.45) is 0 Å². The second-order valence-electron chi connectivity index (χ2n) is 5.78. The predicted octanol–water partition coefficient (Wildman–Crippen LogP) is 2.34. The van der Waals surface area contributed by atoms with Crippen molar-refractivity contribution < 1.29 is 14.7 Å². The summed E-state index contributed by atoms with van der Waals surface area (Å²) >= 11 is 0. The van der Waals surface area contributed by atoms with Gasteiger partial charge in [-0.3, -0.25) is 4.79 Å². The molecule has 2 aromatic rings. The molecule has 1 atom stereocenters. The monoisotopic (exact) mass is 315 g/mol. The summed E-state index contributed by atoms with van der Waals surface area (Å²) in [7, 11) is 1.48. The Balaban J connectivity index is 2.42. The third-order valence-electron chi connectivity index (χ3n) is 4.09. The first-order valence-corrected chi connectivity index (χ1v) is 7.36. The lowest BCUT2D eigenvalue weighted by atomic mass is 10.1. The van der Waals surface area contributed by atoms with Gasteiger partial charge in [0.15, 0.2) is 0 Å². The molecule has 1 N–H and O–H groups in total. The number of aromatic nitrogens is 2. The van der Waals surface area contributed by atoms with Crippen LogP contribution >= 0.6 is 0 Å². The number of carbonyl (C=O) groups excluding carboxylic acids is 1. The van der Waals surface area contributed by atoms with E-state index >= 15 is 0 Å². The summed E-state index contributed by atoms with van der Waals surface area (Å²) in [4.78, 5) is 24.8. The van der Waals surface area contributed by atoms with Crippen molar-refractivity contribution >= 4 is 11.9 Å². The average Bonchev–Trinajstić information content (AvgIpc) is 2.88. The van der Waals surface area contributed by atoms with Gasteiger partial charge in [0, 0.05) is 7.05 Å². The summed E-state index contributed by atoms with van der Waals surface area (Å²) in [5.41, 5.74) is 4.16. The lowest BCUT2D eigenvalue weighted by Crippen LogP contribution is -2.40. The van der Waals surface area contributed by atoms with Crippen LogP contribution in [0.15, 0.2) is 24.4 Å². The van der Waals surface area contributed by atoms with Crippen molar-refractivity contribution in [3.8, 4) is 5.69 Å². The molecule has 122 valence electrons. The first kappa shape index (κ1) is 16.7. The average molecular weight is 315 g/mol. The molecule has 1 aromatic heterocycles. The molecule has 23 heavy (non-hydrogen) atoms. The highest BCUT2D eigenvalue weighted by Gasteiger charge is 2.25. The first-order valence-electron chi connectivity index (χ1n) is 7.36. The van der Waals surface area contributed by atoms with Crippen molar-refractivity contribution in [1.29, 1.82) is 0 Å². The van der Waals surface area contributed by atoms with E-state index in [-0.39, 0.29) is 5.91 Å². The topological polar surface area (TPSA) is 75.4 Å². The van der Waals surface area contributed by atoms with Gasteiger partial charge in [0.1, 0.15) is 6.04 Å². The maximum absolute atomic E-state index is 12.5. The highest BCUT2D eigenvalue weighted by molar-refractivity contribution is 5.97. The minimum absolute atomic E-state index is 0.353. The quantitative estimate of drug-likeness (QED) is 0.939. The van der Waals surface area contributed by atoms with Crippen molar-refractivity contribution in [2.75, 3.05) is 7.05 Å². The van der Waals surface area contributed by atoms with Crippen LogP contribution in [-0.2, 0) is 4.79 Å². The van der Waals surface area contributed by atoms with Gasteiger partial charge in [0.2, 0.25) is 0 Å². The molecular formula is C17H21N3O3. The maximum Gasteiger partial charge on any atom is 0.326 e. The summed E-state index contributed by atoms with van der Waals surface area (Å²) in [5, 5.41) is 13.4. The van der Waals surface area contributed by atoms with Gasteiger partial charge in [0.05, 0.1) is 23.1 Å². The van der Waals surface area contributed by atoms with Crippen LogP contribution in [0.25, 0.3) is 5.69 Å². The Kier molecular flexibility index (Phi) is 4.54. The van der Waals surface area contributed by atoms with E-state index in [4.69, 9.17) is 5.11 Å². The smallest absolute Gasteiger partial charge is 0.326 e. The van der Waals surface area contributed by atoms with E-state index in [1.165, 1.54) is 25.1 Å². The van der Waals surface area contributed by atoms with Gasteiger partial charge in [0.25, 0.3) is 5.91 Å². The Morgan fingerprint density at radius 2 is 1.91 bits per heavy atom. The number of amides is 1. The Labute approximate surface area is 135 Å². The third kappa shape index (κ3) is 3.11. The normalized spacial score (nSPS) is 12.0. The maximum atomic E-state index is 12.5. The minimum atomic E-state index is -1.04. The fourth-order valence-corrected chi connectivity index (χ4v) is 2.34. The Morgan fingerprint density at radius 3 is 2.52 bits per heavy atom. The summed E-state index contributed by atoms with van der Waals surface area (Å²) in [6, 6.07) is 5.14. The van der Waals surface area contributed by atoms with Crippen LogP contribution < -0.4 is 0 Å². The second kappa shape index (κ2) is 6.24. The number of carboxylic acids is 1. The van der Waals surface area contributed by atoms with Gasteiger partial charge in [-0.25, -0.2) is 9.48 Å². The lowest BCUT2D eigenvalue weighted by Gasteiger charge is -2.21. The number of hydrogen-bond donors (Lipinski definition) is 1. The Morgan fingerprint density at radius 1 is 1.26 bits per heavy atom. The van der Waals surface area contributed by atoms with E-state index in [2.05, 4.69) is 5.10 Å². The number of aliphatic carboxylic acids is 1. The van der Waals surface area contributed by atoms with Crippen LogP contribution in [0.5, 0.6) is 0 Å². The molecule has 0 saturated heterocycles. The van der Waals surface area contributed by atoms with Crippen molar-refractivity contribution in [1.82, 2.24) is 14.7 Å². The molecular weight excluding hydrogens is 294 g/mol. The van der Waals surface area contributed by atoms with Gasteiger partial charge in [-0.05, 0) is 44.9 Å². The van der Waals surface area contributed by atoms with Crippen LogP contribution in [0.4, 0.5) is 0 Å². The van der Waals surface area contributed by atoms with Crippen molar-refractivity contribution in [3.05, 3.63) is 46.8 Å². The fraction of sp³-hybridized carbons (Fsp3) is 0.353. The van der Waals surface area contributed by atoms with E-state index in [9.17, 15) is 9.59 Å². The number of nitrogens with zero attached hydrogens (tertiary/aromatic N) is 3. The van der Waals surface area contributed by atoms with Crippen LogP contribution in [-0.4, -0.2) is 44.8 Å². The van der Waals surface area contributed by atoms with Gasteiger partial charge < -0.3 is 10.0 Å². The molecule has 0 saturated carbocycles. The SMILES string of the molecule is Cc1ccc(C)c(-n2ncc(C(=O)N(C)C(C)C(=O)O)c2C)c1. The number of aryl methyl sites for hydroxylation is 2. The van der Waals surface area contributed by atoms with Crippen molar-refractivity contribution in [3.63, 3.8) is 0 Å². The molecule has 1 amide bonds. The van der Waals surface area contributed by atoms with Crippen molar-refractivity contribution in [2.45, 2.75) is 33.7 Å². The lowest BCUT2D eigenvalue weighted by molar-refractivity contribution is -0.141. The molecule has 6 nitrogen and oxygen atoms in total. The molecule has 0 radical (unpaired) electrons. The van der Waals surface area contributed by atoms with Crippen LogP contribution in [0, 0.1) is 20.8 Å². The van der Waals surface area contributed by atoms with E-state index < -0.39 is 12.0 Å². The van der Waals surface area contributed by atoms with E-state index in [0.717, 1.165) is 16.8 Å². The molecule has 0 bridgehead atoms. The van der Waals surface area contributed by atoms with Crippen LogP contribution in [0.3, 0.4) is 0 Å². The van der Waals surface area contributed by atoms with Gasteiger partial charge >= 0.3 is 5.97 Å². The number of likely N-dealkylation sites (N-methyl/N-ethyl adjacent to an activating group) is 1. The number of benzene rings is 1. The Bertz CT molecular complexity index is 764. The third-order valence-corrected chi connectivity index (χ3v) is 4.09. The van der Waals surface area contributed by atoms with Gasteiger partial charge in [-0.2, -0.15) is 5.10 Å². The van der Waals surface area contributed by atoms with Crippen LogP contribution in [0.2, 0.25) is 0 Å². The van der Waals surface area contributed by atoms with Gasteiger partial charge in [-0.15, -0.1) is 0 Å². The molecule has 1 aromatic carbocycles. The minimum Gasteiger partial charge on any atom is -0.480 e. The zero-order valence-electron chi connectivity index (χ0n) is 14.0. The molecule has 0 spiro atoms. The van der Waals surface area contributed by atoms with Crippen LogP contribution in [0.1, 0.15) is 34.1 Å². The second-order valence-corrected chi connectivity index (χ2v) is 5.78. The predicted molar refractivity (Wildman–Crippen MR) is 87.0 cm³/mol. The molecule has 0 aliphatic rings. The summed E-state index contributed by atoms with van der Waals surface area (Å²) in [6.07, 6.45) is 1.49. The molecule has 0 fully saturated rings. The number of carboxylic acid groups (broad SMARTS) is 1. The number of hydrogen-bond acceptors (Lipinski definition) is 3. The molecule has 1 unspecified atom stereocenters. The molecule has 0 aliphatic carbocycles. The molecule has 0 aliphatic heterocycles.